The Morgan fingerprint density at radius 1 is 1.20 bits per heavy atom. The van der Waals surface area contributed by atoms with Crippen LogP contribution < -0.4 is 5.73 Å². The summed E-state index contributed by atoms with van der Waals surface area (Å²) in [6.07, 6.45) is 4.18. The van der Waals surface area contributed by atoms with E-state index in [1.807, 2.05) is 6.92 Å². The fourth-order valence-corrected chi connectivity index (χ4v) is 6.09. The van der Waals surface area contributed by atoms with Crippen LogP contribution in [0.2, 0.25) is 0 Å². The van der Waals surface area contributed by atoms with Crippen molar-refractivity contribution < 1.29 is 13.8 Å². The van der Waals surface area contributed by atoms with E-state index in [9.17, 15) is 9.11 Å². The Kier molecular flexibility index (Phi) is 6.28. The van der Waals surface area contributed by atoms with Crippen LogP contribution in [0.3, 0.4) is 0 Å². The lowest BCUT2D eigenvalue weighted by atomic mass is 10.1. The van der Waals surface area contributed by atoms with Gasteiger partial charge in [0, 0.05) is 37.9 Å². The molecule has 0 spiro atoms. The summed E-state index contributed by atoms with van der Waals surface area (Å²) in [5.41, 5.74) is 10.2. The number of nitrogens with two attached hydrogens (primary N) is 1. The molecule has 1 aliphatic carbocycles. The maximum Gasteiger partial charge on any atom is 0.151 e. The number of rotatable bonds is 9. The lowest BCUT2D eigenvalue weighted by Crippen LogP contribution is -2.24. The largest absolute Gasteiger partial charge is 0.382 e. The molecule has 0 amide bonds. The topological polar surface area (TPSA) is 110 Å². The van der Waals surface area contributed by atoms with Gasteiger partial charge in [0.1, 0.15) is 11.3 Å². The van der Waals surface area contributed by atoms with Crippen LogP contribution in [-0.2, 0) is 11.3 Å². The molecule has 2 aliphatic rings. The molecule has 9 heteroatoms. The maximum atomic E-state index is 9.98. The average Bonchev–Trinajstić information content (AvgIpc) is 3.39. The van der Waals surface area contributed by atoms with Gasteiger partial charge in [-0.25, -0.2) is 14.3 Å². The number of fused-ring (bicyclic) bond motifs is 1. The molecule has 30 heavy (non-hydrogen) atoms. The van der Waals surface area contributed by atoms with Crippen molar-refractivity contribution in [1.82, 2.24) is 18.8 Å². The third-order valence-corrected chi connectivity index (χ3v) is 8.59. The molecular formula is C21H35N5O3S. The zero-order valence-corrected chi connectivity index (χ0v) is 19.1. The minimum atomic E-state index is -2.52. The molecular weight excluding hydrogens is 402 g/mol. The second-order valence-electron chi connectivity index (χ2n) is 8.74. The van der Waals surface area contributed by atoms with Gasteiger partial charge in [0.2, 0.25) is 0 Å². The summed E-state index contributed by atoms with van der Waals surface area (Å²) in [5, 5.41) is 0. The van der Waals surface area contributed by atoms with Crippen molar-refractivity contribution >= 4 is 27.6 Å². The number of aromatic nitrogens is 3. The summed E-state index contributed by atoms with van der Waals surface area (Å²) in [6.45, 7) is 9.69. The highest BCUT2D eigenvalue weighted by Gasteiger charge is 2.33. The summed E-state index contributed by atoms with van der Waals surface area (Å²) in [5.74, 6) is 3.19. The number of nitrogen functional groups attached to an aromatic ring is 1. The Hall–Kier alpha value is -1.39. The predicted octanol–water partition coefficient (Wildman–Crippen LogP) is 3.92. The van der Waals surface area contributed by atoms with Gasteiger partial charge in [-0.3, -0.25) is 9.11 Å². The SMILES string of the molecule is Cc1nc(N)c2nc(C(C)C3CC3)n(CCOCCCN3CCCS3(O)O)c2c1C. The van der Waals surface area contributed by atoms with E-state index < -0.39 is 10.8 Å². The van der Waals surface area contributed by atoms with Gasteiger partial charge in [0.25, 0.3) is 0 Å². The minimum Gasteiger partial charge on any atom is -0.382 e. The number of ether oxygens (including phenoxy) is 1. The minimum absolute atomic E-state index is 0.400. The Bertz CT molecular complexity index is 912. The molecule has 1 unspecified atom stereocenters. The molecule has 1 aliphatic heterocycles. The monoisotopic (exact) mass is 437 g/mol. The number of aryl methyl sites for hydroxylation is 2. The fourth-order valence-electron chi connectivity index (χ4n) is 4.47. The van der Waals surface area contributed by atoms with Crippen LogP contribution in [0.15, 0.2) is 0 Å². The van der Waals surface area contributed by atoms with Gasteiger partial charge in [-0.15, -0.1) is 10.8 Å². The van der Waals surface area contributed by atoms with Gasteiger partial charge in [-0.05, 0) is 51.0 Å². The molecule has 1 saturated carbocycles. The van der Waals surface area contributed by atoms with Crippen LogP contribution in [-0.4, -0.2) is 60.0 Å². The Labute approximate surface area is 180 Å². The van der Waals surface area contributed by atoms with Crippen molar-refractivity contribution in [2.45, 2.75) is 58.9 Å². The first-order chi connectivity index (χ1) is 14.3. The summed E-state index contributed by atoms with van der Waals surface area (Å²) in [7, 11) is -2.52. The molecule has 3 heterocycles. The number of hydrogen-bond donors (Lipinski definition) is 3. The number of hydrogen-bond acceptors (Lipinski definition) is 7. The maximum absolute atomic E-state index is 9.98. The lowest BCUT2D eigenvalue weighted by Gasteiger charge is -2.36. The molecule has 0 aromatic carbocycles. The molecule has 8 nitrogen and oxygen atoms in total. The molecule has 0 bridgehead atoms. The number of nitrogens with zero attached hydrogens (tertiary/aromatic N) is 4. The molecule has 2 fully saturated rings. The summed E-state index contributed by atoms with van der Waals surface area (Å²) < 4.78 is 30.0. The van der Waals surface area contributed by atoms with Crippen molar-refractivity contribution in [2.24, 2.45) is 5.92 Å². The highest BCUT2D eigenvalue weighted by Crippen LogP contribution is 2.48. The van der Waals surface area contributed by atoms with Gasteiger partial charge < -0.3 is 15.0 Å². The molecule has 4 N–H and O–H groups in total. The van der Waals surface area contributed by atoms with E-state index in [0.29, 0.717) is 43.2 Å². The number of pyridine rings is 1. The third-order valence-electron chi connectivity index (χ3n) is 6.56. The Morgan fingerprint density at radius 3 is 2.63 bits per heavy atom. The molecule has 2 aromatic heterocycles. The fraction of sp³-hybridized carbons (Fsp3) is 0.714. The van der Waals surface area contributed by atoms with Crippen molar-refractivity contribution in [2.75, 3.05) is 37.8 Å². The van der Waals surface area contributed by atoms with Crippen molar-refractivity contribution in [1.29, 1.82) is 0 Å². The van der Waals surface area contributed by atoms with Gasteiger partial charge in [-0.2, -0.15) is 0 Å². The second kappa shape index (κ2) is 8.63. The zero-order chi connectivity index (χ0) is 21.5. The van der Waals surface area contributed by atoms with Crippen LogP contribution in [0, 0.1) is 19.8 Å². The number of imidazole rings is 1. The highest BCUT2D eigenvalue weighted by atomic mass is 32.3. The second-order valence-corrected chi connectivity index (χ2v) is 10.9. The van der Waals surface area contributed by atoms with Crippen molar-refractivity contribution in [3.63, 3.8) is 0 Å². The van der Waals surface area contributed by atoms with Gasteiger partial charge in [0.05, 0.1) is 17.9 Å². The molecule has 1 atom stereocenters. The first-order valence-electron chi connectivity index (χ1n) is 11.0. The van der Waals surface area contributed by atoms with Crippen molar-refractivity contribution in [3.8, 4) is 0 Å². The van der Waals surface area contributed by atoms with Crippen molar-refractivity contribution in [3.05, 3.63) is 17.1 Å². The van der Waals surface area contributed by atoms with E-state index in [1.54, 1.807) is 4.31 Å². The molecule has 2 aromatic rings. The van der Waals surface area contributed by atoms with Crippen LogP contribution in [0.1, 0.15) is 55.6 Å². The van der Waals surface area contributed by atoms with E-state index in [1.165, 1.54) is 12.8 Å². The van der Waals surface area contributed by atoms with Gasteiger partial charge >= 0.3 is 0 Å². The van der Waals surface area contributed by atoms with Gasteiger partial charge in [-0.1, -0.05) is 6.92 Å². The quantitative estimate of drug-likeness (QED) is 0.510. The first-order valence-corrected chi connectivity index (χ1v) is 12.7. The molecule has 0 radical (unpaired) electrons. The predicted molar refractivity (Wildman–Crippen MR) is 122 cm³/mol. The third kappa shape index (κ3) is 4.31. The lowest BCUT2D eigenvalue weighted by molar-refractivity contribution is 0.120. The van der Waals surface area contributed by atoms with Crippen LogP contribution >= 0.6 is 10.8 Å². The van der Waals surface area contributed by atoms with Crippen LogP contribution in [0.4, 0.5) is 5.82 Å². The Balaban J connectivity index is 1.42. The molecule has 168 valence electrons. The normalized spacial score (nSPS) is 21.4. The van der Waals surface area contributed by atoms with E-state index in [-0.39, 0.29) is 0 Å². The summed E-state index contributed by atoms with van der Waals surface area (Å²) in [6, 6.07) is 0. The van der Waals surface area contributed by atoms with Crippen LogP contribution in [0.5, 0.6) is 0 Å². The van der Waals surface area contributed by atoms with Crippen LogP contribution in [0.25, 0.3) is 11.0 Å². The standard InChI is InChI=1S/C21H35N5O3S/c1-14-16(3)23-20(22)18-19(14)26(21(24-18)15(2)17-6-7-17)10-12-29-11-4-8-25-9-5-13-30(25,27)28/h15,17,27-28H,4-13H2,1-3H3,(H2,22,23). The highest BCUT2D eigenvalue weighted by molar-refractivity contribution is 8.22. The first kappa shape index (κ1) is 21.8. The summed E-state index contributed by atoms with van der Waals surface area (Å²) in [4.78, 5) is 9.39. The zero-order valence-electron chi connectivity index (χ0n) is 18.3. The van der Waals surface area contributed by atoms with E-state index in [2.05, 4.69) is 23.4 Å². The van der Waals surface area contributed by atoms with E-state index >= 15 is 0 Å². The average molecular weight is 438 g/mol. The van der Waals surface area contributed by atoms with Gasteiger partial charge in [0.15, 0.2) is 5.82 Å². The molecule has 1 saturated heterocycles. The smallest absolute Gasteiger partial charge is 0.151 e. The summed E-state index contributed by atoms with van der Waals surface area (Å²) >= 11 is 0. The number of anilines is 1. The molecule has 4 rings (SSSR count). The van der Waals surface area contributed by atoms with E-state index in [0.717, 1.165) is 54.0 Å². The van der Waals surface area contributed by atoms with E-state index in [4.69, 9.17) is 15.5 Å². The Morgan fingerprint density at radius 2 is 1.97 bits per heavy atom.